The number of hydrogen-bond acceptors (Lipinski definition) is 2. The monoisotopic (exact) mass is 377 g/mol. The second-order valence-corrected chi connectivity index (χ2v) is 7.00. The van der Waals surface area contributed by atoms with Crippen molar-refractivity contribution in [2.75, 3.05) is 31.5 Å². The summed E-state index contributed by atoms with van der Waals surface area (Å²) in [6.07, 6.45) is 1.05. The lowest BCUT2D eigenvalue weighted by molar-refractivity contribution is 0.278. The summed E-state index contributed by atoms with van der Waals surface area (Å²) in [7, 11) is 0. The van der Waals surface area contributed by atoms with Crippen LogP contribution in [0.5, 0.6) is 0 Å². The fourth-order valence-corrected chi connectivity index (χ4v) is 3.34. The van der Waals surface area contributed by atoms with Crippen LogP contribution in [0.25, 0.3) is 0 Å². The minimum Gasteiger partial charge on any atom is -0.348 e. The molecule has 3 rings (SSSR count). The minimum absolute atomic E-state index is 0.190. The predicted octanol–water partition coefficient (Wildman–Crippen LogP) is 4.38. The van der Waals surface area contributed by atoms with Crippen LogP contribution in [0.1, 0.15) is 12.0 Å². The quantitative estimate of drug-likeness (QED) is 0.799. The maximum atomic E-state index is 13.0. The smallest absolute Gasteiger partial charge is 0.173 e. The molecule has 1 aliphatic heterocycles. The van der Waals surface area contributed by atoms with Gasteiger partial charge in [-0.15, -0.1) is 0 Å². The summed E-state index contributed by atoms with van der Waals surface area (Å²) in [4.78, 5) is 4.59. The molecule has 1 N–H and O–H groups in total. The summed E-state index contributed by atoms with van der Waals surface area (Å²) in [6, 6.07) is 14.3. The Morgan fingerprint density at radius 1 is 1.00 bits per heavy atom. The molecule has 6 heteroatoms. The number of halogens is 2. The van der Waals surface area contributed by atoms with Crippen LogP contribution in [-0.4, -0.2) is 41.1 Å². The van der Waals surface area contributed by atoms with Gasteiger partial charge in [-0.25, -0.2) is 4.39 Å². The van der Waals surface area contributed by atoms with E-state index in [2.05, 4.69) is 15.1 Å². The van der Waals surface area contributed by atoms with Crippen molar-refractivity contribution in [1.29, 1.82) is 0 Å². The molecule has 2 aromatic rings. The number of nitrogens with one attached hydrogen (secondary N) is 1. The molecule has 0 radical (unpaired) electrons. The lowest BCUT2D eigenvalue weighted by Gasteiger charge is -2.24. The summed E-state index contributed by atoms with van der Waals surface area (Å²) in [5.74, 6) is -0.190. The second-order valence-electron chi connectivity index (χ2n) is 6.18. The molecule has 0 bridgehead atoms. The van der Waals surface area contributed by atoms with Gasteiger partial charge in [0, 0.05) is 43.4 Å². The highest BCUT2D eigenvalue weighted by molar-refractivity contribution is 7.80. The molecule has 1 saturated heterocycles. The lowest BCUT2D eigenvalue weighted by Crippen LogP contribution is -2.37. The van der Waals surface area contributed by atoms with Gasteiger partial charge in [0.1, 0.15) is 5.82 Å². The van der Waals surface area contributed by atoms with E-state index < -0.39 is 0 Å². The maximum Gasteiger partial charge on any atom is 0.173 e. The van der Waals surface area contributed by atoms with Crippen LogP contribution < -0.4 is 5.32 Å². The van der Waals surface area contributed by atoms with E-state index in [1.54, 1.807) is 0 Å². The molecule has 0 saturated carbocycles. The summed E-state index contributed by atoms with van der Waals surface area (Å²) < 4.78 is 13.0. The van der Waals surface area contributed by atoms with Gasteiger partial charge in [-0.1, -0.05) is 23.7 Å². The number of nitrogens with zero attached hydrogens (tertiary/aromatic N) is 2. The van der Waals surface area contributed by atoms with Crippen molar-refractivity contribution in [3.05, 3.63) is 64.9 Å². The Hall–Kier alpha value is -1.69. The molecule has 0 spiro atoms. The zero-order valence-electron chi connectivity index (χ0n) is 13.9. The van der Waals surface area contributed by atoms with Crippen molar-refractivity contribution in [3.8, 4) is 0 Å². The SMILES string of the molecule is Fc1ccc(CN2CCCN(C(=S)Nc3ccc(Cl)cc3)CC2)cc1. The Balaban J connectivity index is 1.52. The van der Waals surface area contributed by atoms with Crippen LogP contribution in [0.2, 0.25) is 5.02 Å². The number of hydrogen-bond donors (Lipinski definition) is 1. The van der Waals surface area contributed by atoms with Crippen molar-refractivity contribution in [3.63, 3.8) is 0 Å². The van der Waals surface area contributed by atoms with E-state index in [1.807, 2.05) is 36.4 Å². The van der Waals surface area contributed by atoms with Crippen molar-refractivity contribution in [2.45, 2.75) is 13.0 Å². The number of anilines is 1. The predicted molar refractivity (Wildman–Crippen MR) is 106 cm³/mol. The fraction of sp³-hybridized carbons (Fsp3) is 0.316. The van der Waals surface area contributed by atoms with Gasteiger partial charge in [0.25, 0.3) is 0 Å². The first-order chi connectivity index (χ1) is 12.1. The largest absolute Gasteiger partial charge is 0.348 e. The van der Waals surface area contributed by atoms with Crippen LogP contribution in [0, 0.1) is 5.82 Å². The highest BCUT2D eigenvalue weighted by Gasteiger charge is 2.17. The van der Waals surface area contributed by atoms with Crippen molar-refractivity contribution < 1.29 is 4.39 Å². The van der Waals surface area contributed by atoms with Crippen molar-refractivity contribution in [2.24, 2.45) is 0 Å². The van der Waals surface area contributed by atoms with Gasteiger partial charge in [0.15, 0.2) is 5.11 Å². The van der Waals surface area contributed by atoms with Crippen LogP contribution in [0.4, 0.5) is 10.1 Å². The third-order valence-corrected chi connectivity index (χ3v) is 4.90. The van der Waals surface area contributed by atoms with Crippen LogP contribution in [-0.2, 0) is 6.54 Å². The highest BCUT2D eigenvalue weighted by Crippen LogP contribution is 2.15. The van der Waals surface area contributed by atoms with Crippen LogP contribution in [0.15, 0.2) is 48.5 Å². The summed E-state index contributed by atoms with van der Waals surface area (Å²) in [5, 5.41) is 4.73. The molecule has 0 amide bonds. The van der Waals surface area contributed by atoms with Gasteiger partial charge >= 0.3 is 0 Å². The molecule has 0 aliphatic carbocycles. The third kappa shape index (κ3) is 5.39. The Bertz CT molecular complexity index is 706. The molecule has 0 atom stereocenters. The van der Waals surface area contributed by atoms with Gasteiger partial charge in [-0.2, -0.15) is 0 Å². The van der Waals surface area contributed by atoms with Crippen molar-refractivity contribution >= 4 is 34.6 Å². The topological polar surface area (TPSA) is 18.5 Å². The molecule has 0 unspecified atom stereocenters. The van der Waals surface area contributed by atoms with Gasteiger partial charge < -0.3 is 10.2 Å². The third-order valence-electron chi connectivity index (χ3n) is 4.29. The van der Waals surface area contributed by atoms with Crippen molar-refractivity contribution in [1.82, 2.24) is 9.80 Å². The maximum absolute atomic E-state index is 13.0. The molecule has 2 aromatic carbocycles. The minimum atomic E-state index is -0.190. The first-order valence-electron chi connectivity index (χ1n) is 8.38. The molecular formula is C19H21ClFN3S. The molecule has 3 nitrogen and oxygen atoms in total. The van der Waals surface area contributed by atoms with Gasteiger partial charge in [-0.05, 0) is 60.6 Å². The number of thiocarbonyl (C=S) groups is 1. The van der Waals surface area contributed by atoms with Gasteiger partial charge in [0.2, 0.25) is 0 Å². The first-order valence-corrected chi connectivity index (χ1v) is 9.17. The lowest BCUT2D eigenvalue weighted by atomic mass is 10.2. The van der Waals surface area contributed by atoms with Gasteiger partial charge in [0.05, 0.1) is 0 Å². The average Bonchev–Trinajstić information content (AvgIpc) is 2.85. The van der Waals surface area contributed by atoms with Crippen LogP contribution >= 0.6 is 23.8 Å². The fourth-order valence-electron chi connectivity index (χ4n) is 2.92. The molecule has 0 aromatic heterocycles. The first kappa shape index (κ1) is 18.1. The van der Waals surface area contributed by atoms with Crippen LogP contribution in [0.3, 0.4) is 0 Å². The van der Waals surface area contributed by atoms with E-state index in [1.165, 1.54) is 12.1 Å². The average molecular weight is 378 g/mol. The second kappa shape index (κ2) is 8.61. The highest BCUT2D eigenvalue weighted by atomic mass is 35.5. The zero-order valence-corrected chi connectivity index (χ0v) is 15.5. The van der Waals surface area contributed by atoms with E-state index in [0.29, 0.717) is 5.02 Å². The summed E-state index contributed by atoms with van der Waals surface area (Å²) in [5.41, 5.74) is 2.08. The Morgan fingerprint density at radius 2 is 1.72 bits per heavy atom. The Kier molecular flexibility index (Phi) is 6.24. The number of benzene rings is 2. The van der Waals surface area contributed by atoms with E-state index in [-0.39, 0.29) is 5.82 Å². The molecule has 1 heterocycles. The molecule has 132 valence electrons. The zero-order chi connectivity index (χ0) is 17.6. The van der Waals surface area contributed by atoms with E-state index >= 15 is 0 Å². The van der Waals surface area contributed by atoms with Gasteiger partial charge in [-0.3, -0.25) is 4.90 Å². The summed E-state index contributed by atoms with van der Waals surface area (Å²) in [6.45, 7) is 4.59. The summed E-state index contributed by atoms with van der Waals surface area (Å²) >= 11 is 11.5. The van der Waals surface area contributed by atoms with E-state index in [4.69, 9.17) is 23.8 Å². The Labute approximate surface area is 158 Å². The molecular weight excluding hydrogens is 357 g/mol. The Morgan fingerprint density at radius 3 is 2.44 bits per heavy atom. The normalized spacial score (nSPS) is 15.7. The van der Waals surface area contributed by atoms with E-state index in [9.17, 15) is 4.39 Å². The van der Waals surface area contributed by atoms with E-state index in [0.717, 1.165) is 55.5 Å². The number of rotatable bonds is 3. The standard InChI is InChI=1S/C19H21ClFN3S/c20-16-4-8-18(9-5-16)22-19(25)24-11-1-10-23(12-13-24)14-15-2-6-17(21)7-3-15/h2-9H,1,10-14H2,(H,22,25). The molecule has 25 heavy (non-hydrogen) atoms. The molecule has 1 fully saturated rings. The molecule has 1 aliphatic rings.